The number of unbranched alkanes of at least 4 members (excludes halogenated alkanes) is 2. The van der Waals surface area contributed by atoms with Gasteiger partial charge in [-0.25, -0.2) is 0 Å². The highest BCUT2D eigenvalue weighted by atomic mass is 16.3. The van der Waals surface area contributed by atoms with Crippen molar-refractivity contribution in [1.82, 2.24) is 0 Å². The molecule has 2 heteroatoms. The Morgan fingerprint density at radius 3 is 1.46 bits per heavy atom. The fourth-order valence-electron chi connectivity index (χ4n) is 4.10. The number of hydrogen-bond donors (Lipinski definition) is 2. The van der Waals surface area contributed by atoms with Crippen molar-refractivity contribution < 1.29 is 10.2 Å². The highest BCUT2D eigenvalue weighted by molar-refractivity contribution is 5.50. The fraction of sp³-hybridized carbons (Fsp3) is 0.538. The summed E-state index contributed by atoms with van der Waals surface area (Å²) in [6.07, 6.45) is 8.44. The van der Waals surface area contributed by atoms with Crippen LogP contribution in [0.1, 0.15) is 98.6 Å². The Kier molecular flexibility index (Phi) is 8.41. The number of phenolic OH excluding ortho intramolecular Hbond substituents is 2. The molecule has 28 heavy (non-hydrogen) atoms. The zero-order chi connectivity index (χ0) is 20.7. The van der Waals surface area contributed by atoms with Crippen LogP contribution in [0.15, 0.2) is 24.3 Å². The Morgan fingerprint density at radius 2 is 1.11 bits per heavy atom. The van der Waals surface area contributed by atoms with Gasteiger partial charge in [-0.3, -0.25) is 0 Å². The number of aromatic hydroxyl groups is 2. The van der Waals surface area contributed by atoms with Crippen LogP contribution in [0.4, 0.5) is 0 Å². The summed E-state index contributed by atoms with van der Waals surface area (Å²) in [4.78, 5) is 0. The molecule has 0 radical (unpaired) electrons. The van der Waals surface area contributed by atoms with Crippen LogP contribution in [0, 0.1) is 13.8 Å². The molecule has 0 aliphatic heterocycles. The van der Waals surface area contributed by atoms with Crippen molar-refractivity contribution >= 4 is 0 Å². The Labute approximate surface area is 171 Å². The lowest BCUT2D eigenvalue weighted by molar-refractivity contribution is 0.461. The Balaban J connectivity index is 2.51. The van der Waals surface area contributed by atoms with Gasteiger partial charge in [0.15, 0.2) is 0 Å². The summed E-state index contributed by atoms with van der Waals surface area (Å²) in [5, 5.41) is 21.0. The number of phenols is 2. The molecule has 0 amide bonds. The van der Waals surface area contributed by atoms with E-state index >= 15 is 0 Å². The van der Waals surface area contributed by atoms with Crippen molar-refractivity contribution in [3.05, 3.63) is 57.6 Å². The van der Waals surface area contributed by atoms with Gasteiger partial charge in [0.1, 0.15) is 11.5 Å². The van der Waals surface area contributed by atoms with Crippen LogP contribution in [0.3, 0.4) is 0 Å². The predicted molar refractivity (Wildman–Crippen MR) is 120 cm³/mol. The predicted octanol–water partition coefficient (Wildman–Crippen LogP) is 7.33. The molecule has 0 saturated carbocycles. The highest BCUT2D eigenvalue weighted by Gasteiger charge is 2.19. The van der Waals surface area contributed by atoms with Gasteiger partial charge in [0.05, 0.1) is 0 Å². The van der Waals surface area contributed by atoms with E-state index in [0.29, 0.717) is 17.4 Å². The molecule has 2 rings (SSSR count). The number of benzene rings is 2. The van der Waals surface area contributed by atoms with E-state index in [9.17, 15) is 10.2 Å². The topological polar surface area (TPSA) is 40.5 Å². The largest absolute Gasteiger partial charge is 0.507 e. The van der Waals surface area contributed by atoms with Crippen LogP contribution >= 0.6 is 0 Å². The van der Waals surface area contributed by atoms with Gasteiger partial charge in [-0.2, -0.15) is 0 Å². The normalized spacial score (nSPS) is 11.4. The zero-order valence-electron chi connectivity index (χ0n) is 18.4. The van der Waals surface area contributed by atoms with Gasteiger partial charge in [0.25, 0.3) is 0 Å². The smallest absolute Gasteiger partial charge is 0.121 e. The third kappa shape index (κ3) is 5.31. The molecular weight excluding hydrogens is 344 g/mol. The molecule has 0 aliphatic carbocycles. The van der Waals surface area contributed by atoms with Crippen molar-refractivity contribution in [3.8, 4) is 11.5 Å². The Hall–Kier alpha value is -1.96. The SMILES string of the molecule is CCCCc1cc(C(CCC)c2cc(C)c(O)c(CCCC)c2)cc(C)c1O. The molecule has 2 N–H and O–H groups in total. The summed E-state index contributed by atoms with van der Waals surface area (Å²) < 4.78 is 0. The first kappa shape index (κ1) is 22.3. The van der Waals surface area contributed by atoms with E-state index in [1.165, 1.54) is 11.1 Å². The van der Waals surface area contributed by atoms with Crippen LogP contribution in [-0.4, -0.2) is 10.2 Å². The quantitative estimate of drug-likeness (QED) is 0.451. The molecule has 2 aromatic rings. The second kappa shape index (κ2) is 10.5. The first-order valence-electron chi connectivity index (χ1n) is 11.1. The van der Waals surface area contributed by atoms with Crippen LogP contribution in [0.25, 0.3) is 0 Å². The van der Waals surface area contributed by atoms with Crippen molar-refractivity contribution in [2.45, 2.75) is 91.9 Å². The molecule has 2 nitrogen and oxygen atoms in total. The molecule has 0 saturated heterocycles. The summed E-state index contributed by atoms with van der Waals surface area (Å²) in [5.74, 6) is 1.21. The molecule has 0 bridgehead atoms. The molecule has 0 unspecified atom stereocenters. The summed E-state index contributed by atoms with van der Waals surface area (Å²) in [6.45, 7) is 10.6. The van der Waals surface area contributed by atoms with Gasteiger partial charge < -0.3 is 10.2 Å². The summed E-state index contributed by atoms with van der Waals surface area (Å²) in [7, 11) is 0. The Bertz CT molecular complexity index is 713. The number of rotatable bonds is 10. The Morgan fingerprint density at radius 1 is 0.679 bits per heavy atom. The molecule has 0 aromatic heterocycles. The first-order valence-corrected chi connectivity index (χ1v) is 11.1. The van der Waals surface area contributed by atoms with Gasteiger partial charge in [0, 0.05) is 5.92 Å². The van der Waals surface area contributed by atoms with E-state index in [4.69, 9.17) is 0 Å². The van der Waals surface area contributed by atoms with Gasteiger partial charge in [-0.15, -0.1) is 0 Å². The van der Waals surface area contributed by atoms with Crippen LogP contribution in [0.5, 0.6) is 11.5 Å². The van der Waals surface area contributed by atoms with E-state index in [0.717, 1.165) is 73.6 Å². The lowest BCUT2D eigenvalue weighted by atomic mass is 9.83. The minimum Gasteiger partial charge on any atom is -0.507 e. The number of aryl methyl sites for hydroxylation is 4. The van der Waals surface area contributed by atoms with Crippen LogP contribution < -0.4 is 0 Å². The molecule has 154 valence electrons. The molecule has 0 heterocycles. The minimum atomic E-state index is 0.296. The van der Waals surface area contributed by atoms with Gasteiger partial charge in [-0.05, 0) is 79.3 Å². The van der Waals surface area contributed by atoms with Gasteiger partial charge in [0.2, 0.25) is 0 Å². The maximum absolute atomic E-state index is 10.5. The van der Waals surface area contributed by atoms with Gasteiger partial charge in [-0.1, -0.05) is 64.3 Å². The average Bonchev–Trinajstić information content (AvgIpc) is 2.68. The average molecular weight is 383 g/mol. The fourth-order valence-corrected chi connectivity index (χ4v) is 4.10. The summed E-state index contributed by atoms with van der Waals surface area (Å²) in [6, 6.07) is 8.73. The van der Waals surface area contributed by atoms with E-state index in [1.807, 2.05) is 13.8 Å². The summed E-state index contributed by atoms with van der Waals surface area (Å²) in [5.41, 5.74) is 6.64. The maximum atomic E-state index is 10.5. The summed E-state index contributed by atoms with van der Waals surface area (Å²) >= 11 is 0. The number of hydrogen-bond acceptors (Lipinski definition) is 2. The van der Waals surface area contributed by atoms with Crippen molar-refractivity contribution in [3.63, 3.8) is 0 Å². The molecule has 0 spiro atoms. The molecule has 2 aromatic carbocycles. The molecule has 0 fully saturated rings. The molecule has 0 atom stereocenters. The minimum absolute atomic E-state index is 0.296. The van der Waals surface area contributed by atoms with Crippen molar-refractivity contribution in [1.29, 1.82) is 0 Å². The first-order chi connectivity index (χ1) is 13.4. The molecular formula is C26H38O2. The van der Waals surface area contributed by atoms with E-state index in [2.05, 4.69) is 45.0 Å². The maximum Gasteiger partial charge on any atom is 0.121 e. The van der Waals surface area contributed by atoms with E-state index < -0.39 is 0 Å². The zero-order valence-corrected chi connectivity index (χ0v) is 18.4. The van der Waals surface area contributed by atoms with Crippen LogP contribution in [-0.2, 0) is 12.8 Å². The van der Waals surface area contributed by atoms with Crippen LogP contribution in [0.2, 0.25) is 0 Å². The van der Waals surface area contributed by atoms with Gasteiger partial charge >= 0.3 is 0 Å². The third-order valence-electron chi connectivity index (χ3n) is 5.78. The lowest BCUT2D eigenvalue weighted by Gasteiger charge is -2.22. The highest BCUT2D eigenvalue weighted by Crippen LogP contribution is 2.37. The molecule has 0 aliphatic rings. The second-order valence-electron chi connectivity index (χ2n) is 8.24. The van der Waals surface area contributed by atoms with Crippen molar-refractivity contribution in [2.75, 3.05) is 0 Å². The second-order valence-corrected chi connectivity index (χ2v) is 8.24. The third-order valence-corrected chi connectivity index (χ3v) is 5.78. The van der Waals surface area contributed by atoms with E-state index in [1.54, 1.807) is 0 Å². The van der Waals surface area contributed by atoms with E-state index in [-0.39, 0.29) is 0 Å². The standard InChI is InChI=1S/C26H38O2/c1-6-9-12-20-16-22(14-18(4)25(20)27)24(11-8-3)23-15-19(5)26(28)21(17-23)13-10-7-2/h14-17,24,27-28H,6-13H2,1-5H3. The van der Waals surface area contributed by atoms with Crippen molar-refractivity contribution in [2.24, 2.45) is 0 Å². The lowest BCUT2D eigenvalue weighted by Crippen LogP contribution is -2.05. The monoisotopic (exact) mass is 382 g/mol.